The number of ether oxygens (including phenoxy) is 3. The van der Waals surface area contributed by atoms with Crippen LogP contribution in [0.1, 0.15) is 272 Å². The zero-order valence-corrected chi connectivity index (χ0v) is 37.4. The van der Waals surface area contributed by atoms with E-state index in [0.29, 0.717) is 19.3 Å². The molecule has 1 atom stereocenters. The number of hydrogen-bond donors (Lipinski definition) is 0. The molecule has 0 N–H and O–H groups in total. The molecular weight excluding hydrogens is 685 g/mol. The van der Waals surface area contributed by atoms with E-state index in [9.17, 15) is 14.4 Å². The highest BCUT2D eigenvalue weighted by Gasteiger charge is 2.19. The fourth-order valence-corrected chi connectivity index (χ4v) is 7.33. The Morgan fingerprint density at radius 1 is 0.345 bits per heavy atom. The van der Waals surface area contributed by atoms with Crippen molar-refractivity contribution < 1.29 is 28.6 Å². The molecule has 6 nitrogen and oxygen atoms in total. The maximum absolute atomic E-state index is 12.7. The Kier molecular flexibility index (Phi) is 42.3. The summed E-state index contributed by atoms with van der Waals surface area (Å²) in [5.74, 6) is -0.0136. The SMILES string of the molecule is CCCCCCCCCCCCCCCCC(=O)O[C@@H](COC(=O)CCCCCCC)COC(=O)CCCCCCCCCCCCCCCCCC(C)C. The topological polar surface area (TPSA) is 78.9 Å². The molecule has 0 bridgehead atoms. The molecule has 0 aromatic carbocycles. The summed E-state index contributed by atoms with van der Waals surface area (Å²) in [6.45, 7) is 8.95. The molecule has 0 aliphatic carbocycles. The molecule has 0 amide bonds. The molecule has 0 rings (SSSR count). The Morgan fingerprint density at radius 2 is 0.600 bits per heavy atom. The molecule has 0 spiro atoms. The fourth-order valence-electron chi connectivity index (χ4n) is 7.33. The Hall–Kier alpha value is -1.59. The lowest BCUT2D eigenvalue weighted by molar-refractivity contribution is -0.167. The quantitative estimate of drug-likeness (QED) is 0.0348. The predicted octanol–water partition coefficient (Wildman–Crippen LogP) is 15.5. The lowest BCUT2D eigenvalue weighted by Crippen LogP contribution is -2.30. The van der Waals surface area contributed by atoms with E-state index in [2.05, 4.69) is 27.7 Å². The number of esters is 3. The van der Waals surface area contributed by atoms with Crippen LogP contribution in [0.3, 0.4) is 0 Å². The molecule has 0 heterocycles. The van der Waals surface area contributed by atoms with E-state index >= 15 is 0 Å². The van der Waals surface area contributed by atoms with Crippen molar-refractivity contribution in [3.63, 3.8) is 0 Å². The summed E-state index contributed by atoms with van der Waals surface area (Å²) in [5.41, 5.74) is 0. The van der Waals surface area contributed by atoms with E-state index in [1.165, 1.54) is 161 Å². The Labute approximate surface area is 342 Å². The summed E-state index contributed by atoms with van der Waals surface area (Å²) >= 11 is 0. The normalized spacial score (nSPS) is 11.9. The third-order valence-electron chi connectivity index (χ3n) is 11.0. The molecule has 0 aromatic heterocycles. The summed E-state index contributed by atoms with van der Waals surface area (Å²) in [6, 6.07) is 0. The zero-order valence-electron chi connectivity index (χ0n) is 37.4. The zero-order chi connectivity index (χ0) is 40.3. The van der Waals surface area contributed by atoms with Crippen LogP contribution in [0.5, 0.6) is 0 Å². The van der Waals surface area contributed by atoms with Gasteiger partial charge in [-0.3, -0.25) is 14.4 Å². The summed E-state index contributed by atoms with van der Waals surface area (Å²) in [7, 11) is 0. The molecule has 0 aromatic rings. The van der Waals surface area contributed by atoms with Gasteiger partial charge in [0.2, 0.25) is 0 Å². The third-order valence-corrected chi connectivity index (χ3v) is 11.0. The fraction of sp³-hybridized carbons (Fsp3) is 0.939. The molecule has 0 aliphatic rings. The van der Waals surface area contributed by atoms with Gasteiger partial charge >= 0.3 is 17.9 Å². The van der Waals surface area contributed by atoms with Crippen molar-refractivity contribution in [3.8, 4) is 0 Å². The first-order valence-electron chi connectivity index (χ1n) is 24.4. The van der Waals surface area contributed by atoms with Crippen LogP contribution < -0.4 is 0 Å². The molecular formula is C49H94O6. The van der Waals surface area contributed by atoms with Crippen LogP contribution in [0, 0.1) is 5.92 Å². The van der Waals surface area contributed by atoms with Gasteiger partial charge in [0.05, 0.1) is 0 Å². The minimum absolute atomic E-state index is 0.0641. The van der Waals surface area contributed by atoms with Crippen LogP contribution in [0.4, 0.5) is 0 Å². The van der Waals surface area contributed by atoms with E-state index in [0.717, 1.165) is 70.1 Å². The molecule has 0 saturated heterocycles. The maximum Gasteiger partial charge on any atom is 0.306 e. The molecule has 0 radical (unpaired) electrons. The van der Waals surface area contributed by atoms with E-state index in [-0.39, 0.29) is 31.1 Å². The highest BCUT2D eigenvalue weighted by Crippen LogP contribution is 2.17. The van der Waals surface area contributed by atoms with Crippen LogP contribution >= 0.6 is 0 Å². The van der Waals surface area contributed by atoms with Crippen molar-refractivity contribution in [2.45, 2.75) is 278 Å². The highest BCUT2D eigenvalue weighted by atomic mass is 16.6. The van der Waals surface area contributed by atoms with Gasteiger partial charge in [0.1, 0.15) is 13.2 Å². The van der Waals surface area contributed by atoms with Gasteiger partial charge in [0.25, 0.3) is 0 Å². The maximum atomic E-state index is 12.7. The van der Waals surface area contributed by atoms with Gasteiger partial charge in [-0.2, -0.15) is 0 Å². The second-order valence-corrected chi connectivity index (χ2v) is 17.2. The average molecular weight is 779 g/mol. The van der Waals surface area contributed by atoms with Gasteiger partial charge in [-0.1, -0.05) is 233 Å². The van der Waals surface area contributed by atoms with Crippen LogP contribution in [-0.4, -0.2) is 37.2 Å². The molecule has 326 valence electrons. The lowest BCUT2D eigenvalue weighted by atomic mass is 10.0. The number of carbonyl (C=O) groups excluding carboxylic acids is 3. The highest BCUT2D eigenvalue weighted by molar-refractivity contribution is 5.71. The minimum atomic E-state index is -0.758. The van der Waals surface area contributed by atoms with Gasteiger partial charge in [-0.25, -0.2) is 0 Å². The minimum Gasteiger partial charge on any atom is -0.462 e. The third kappa shape index (κ3) is 43.4. The van der Waals surface area contributed by atoms with Crippen molar-refractivity contribution in [1.29, 1.82) is 0 Å². The van der Waals surface area contributed by atoms with Crippen molar-refractivity contribution in [1.82, 2.24) is 0 Å². The monoisotopic (exact) mass is 779 g/mol. The largest absolute Gasteiger partial charge is 0.462 e. The van der Waals surface area contributed by atoms with Crippen LogP contribution in [0.25, 0.3) is 0 Å². The Balaban J connectivity index is 4.12. The summed E-state index contributed by atoms with van der Waals surface area (Å²) < 4.78 is 16.6. The number of carbonyl (C=O) groups is 3. The van der Waals surface area contributed by atoms with Crippen molar-refractivity contribution in [3.05, 3.63) is 0 Å². The van der Waals surface area contributed by atoms with Gasteiger partial charge in [-0.05, 0) is 25.2 Å². The summed E-state index contributed by atoms with van der Waals surface area (Å²) in [4.78, 5) is 37.5. The standard InChI is InChI=1S/C49H94O6/c1-5-7-9-11-12-13-14-15-20-24-27-30-34-38-42-49(52)55-46(43-53-47(50)40-36-31-10-8-6-2)44-54-48(51)41-37-33-29-26-23-21-18-16-17-19-22-25-28-32-35-39-45(3)4/h45-46H,5-44H2,1-4H3/t46-/m0/s1. The van der Waals surface area contributed by atoms with Crippen LogP contribution in [0.15, 0.2) is 0 Å². The van der Waals surface area contributed by atoms with Crippen molar-refractivity contribution in [2.24, 2.45) is 5.92 Å². The molecule has 0 fully saturated rings. The van der Waals surface area contributed by atoms with Crippen molar-refractivity contribution >= 4 is 17.9 Å². The second kappa shape index (κ2) is 43.5. The van der Waals surface area contributed by atoms with E-state index in [4.69, 9.17) is 14.2 Å². The van der Waals surface area contributed by atoms with Gasteiger partial charge in [-0.15, -0.1) is 0 Å². The summed E-state index contributed by atoms with van der Waals surface area (Å²) in [5, 5.41) is 0. The molecule has 55 heavy (non-hydrogen) atoms. The smallest absolute Gasteiger partial charge is 0.306 e. The predicted molar refractivity (Wildman–Crippen MR) is 233 cm³/mol. The van der Waals surface area contributed by atoms with E-state index in [1.54, 1.807) is 0 Å². The second-order valence-electron chi connectivity index (χ2n) is 17.2. The van der Waals surface area contributed by atoms with Gasteiger partial charge in [0, 0.05) is 19.3 Å². The van der Waals surface area contributed by atoms with Crippen LogP contribution in [0.2, 0.25) is 0 Å². The number of unbranched alkanes of at least 4 members (excludes halogenated alkanes) is 31. The molecule has 6 heteroatoms. The van der Waals surface area contributed by atoms with Crippen molar-refractivity contribution in [2.75, 3.05) is 13.2 Å². The first-order valence-corrected chi connectivity index (χ1v) is 24.4. The first kappa shape index (κ1) is 53.4. The first-order chi connectivity index (χ1) is 26.9. The molecule has 0 aliphatic heterocycles. The average Bonchev–Trinajstić information content (AvgIpc) is 3.17. The number of hydrogen-bond acceptors (Lipinski definition) is 6. The van der Waals surface area contributed by atoms with Gasteiger partial charge in [0.15, 0.2) is 6.10 Å². The van der Waals surface area contributed by atoms with E-state index in [1.807, 2.05) is 0 Å². The lowest BCUT2D eigenvalue weighted by Gasteiger charge is -2.18. The molecule has 0 saturated carbocycles. The Bertz CT molecular complexity index is 826. The van der Waals surface area contributed by atoms with E-state index < -0.39 is 6.10 Å². The number of rotatable bonds is 44. The summed E-state index contributed by atoms with van der Waals surface area (Å²) in [6.07, 6.45) is 44.0. The van der Waals surface area contributed by atoms with Gasteiger partial charge < -0.3 is 14.2 Å². The van der Waals surface area contributed by atoms with Crippen LogP contribution in [-0.2, 0) is 28.6 Å². The molecule has 0 unspecified atom stereocenters. The Morgan fingerprint density at radius 3 is 0.891 bits per heavy atom.